The third-order valence-electron chi connectivity index (χ3n) is 4.36. The van der Waals surface area contributed by atoms with Crippen LogP contribution in [0.2, 0.25) is 0 Å². The number of carbonyl (C=O) groups excluding carboxylic acids is 1. The van der Waals surface area contributed by atoms with E-state index >= 15 is 0 Å². The van der Waals surface area contributed by atoms with Crippen molar-refractivity contribution in [3.05, 3.63) is 59.7 Å². The van der Waals surface area contributed by atoms with Gasteiger partial charge in [-0.1, -0.05) is 52.0 Å². The molecule has 0 aliphatic carbocycles. The van der Waals surface area contributed by atoms with Crippen LogP contribution in [0.15, 0.2) is 48.5 Å². The number of hydrogen-bond acceptors (Lipinski definition) is 3. The molecule has 0 spiro atoms. The molecule has 2 rings (SSSR count). The molecule has 0 saturated heterocycles. The summed E-state index contributed by atoms with van der Waals surface area (Å²) < 4.78 is 11.3. The molecule has 0 fully saturated rings. The summed E-state index contributed by atoms with van der Waals surface area (Å²) >= 11 is 0. The Morgan fingerprint density at radius 3 is 2.07 bits per heavy atom. The monoisotopic (exact) mass is 369 g/mol. The van der Waals surface area contributed by atoms with Crippen LogP contribution in [0.1, 0.15) is 52.2 Å². The first-order valence-corrected chi connectivity index (χ1v) is 9.60. The van der Waals surface area contributed by atoms with Crippen molar-refractivity contribution in [2.75, 3.05) is 6.61 Å². The molecule has 0 saturated carbocycles. The molecular weight excluding hydrogens is 338 g/mol. The number of benzene rings is 2. The van der Waals surface area contributed by atoms with E-state index in [9.17, 15) is 4.79 Å². The van der Waals surface area contributed by atoms with Crippen LogP contribution in [0.5, 0.6) is 11.5 Å². The van der Waals surface area contributed by atoms with E-state index in [0.29, 0.717) is 25.3 Å². The number of amides is 1. The van der Waals surface area contributed by atoms with Crippen LogP contribution in [0.3, 0.4) is 0 Å². The molecule has 1 N–H and O–H groups in total. The molecule has 1 amide bonds. The quantitative estimate of drug-likeness (QED) is 0.723. The average Bonchev–Trinajstić information content (AvgIpc) is 2.65. The Hall–Kier alpha value is -2.49. The first-order valence-electron chi connectivity index (χ1n) is 9.60. The predicted octanol–water partition coefficient (Wildman–Crippen LogP) is 4.86. The molecular formula is C23H31NO3. The molecule has 27 heavy (non-hydrogen) atoms. The van der Waals surface area contributed by atoms with Gasteiger partial charge < -0.3 is 14.8 Å². The van der Waals surface area contributed by atoms with E-state index in [1.165, 1.54) is 5.56 Å². The van der Waals surface area contributed by atoms with Crippen molar-refractivity contribution in [2.45, 2.75) is 59.1 Å². The number of hydrogen-bond donors (Lipinski definition) is 1. The minimum atomic E-state index is -0.506. The lowest BCUT2D eigenvalue weighted by Gasteiger charge is -2.21. The zero-order valence-corrected chi connectivity index (χ0v) is 17.0. The van der Waals surface area contributed by atoms with E-state index in [1.807, 2.05) is 50.2 Å². The minimum absolute atomic E-state index is 0.0950. The van der Waals surface area contributed by atoms with E-state index in [2.05, 4.69) is 38.2 Å². The third-order valence-corrected chi connectivity index (χ3v) is 4.36. The van der Waals surface area contributed by atoms with E-state index in [-0.39, 0.29) is 11.3 Å². The highest BCUT2D eigenvalue weighted by Crippen LogP contribution is 2.25. The molecule has 2 aromatic carbocycles. The summed E-state index contributed by atoms with van der Waals surface area (Å²) in [7, 11) is 0. The van der Waals surface area contributed by atoms with Crippen LogP contribution in [0, 0.1) is 0 Å². The lowest BCUT2D eigenvalue weighted by molar-refractivity contribution is -0.128. The van der Waals surface area contributed by atoms with Gasteiger partial charge in [0.1, 0.15) is 11.5 Å². The van der Waals surface area contributed by atoms with Gasteiger partial charge >= 0.3 is 0 Å². The molecule has 0 aliphatic heterocycles. The van der Waals surface area contributed by atoms with Gasteiger partial charge in [0, 0.05) is 6.54 Å². The molecule has 4 nitrogen and oxygen atoms in total. The largest absolute Gasteiger partial charge is 0.494 e. The maximum Gasteiger partial charge on any atom is 0.261 e. The number of ether oxygens (including phenoxy) is 2. The van der Waals surface area contributed by atoms with Gasteiger partial charge in [-0.15, -0.1) is 0 Å². The van der Waals surface area contributed by atoms with E-state index in [0.717, 1.165) is 11.3 Å². The molecule has 2 aromatic rings. The summed E-state index contributed by atoms with van der Waals surface area (Å²) in [6.07, 6.45) is 0.101. The van der Waals surface area contributed by atoms with Gasteiger partial charge in [0.05, 0.1) is 6.61 Å². The number of nitrogens with one attached hydrogen (secondary N) is 1. The van der Waals surface area contributed by atoms with Crippen molar-refractivity contribution < 1.29 is 14.3 Å². The highest BCUT2D eigenvalue weighted by atomic mass is 16.5. The van der Waals surface area contributed by atoms with Gasteiger partial charge in [0.15, 0.2) is 6.10 Å². The van der Waals surface area contributed by atoms with Crippen LogP contribution < -0.4 is 14.8 Å². The second-order valence-corrected chi connectivity index (χ2v) is 7.58. The first kappa shape index (κ1) is 20.8. The van der Waals surface area contributed by atoms with Crippen LogP contribution in [0.4, 0.5) is 0 Å². The normalized spacial score (nSPS) is 12.3. The summed E-state index contributed by atoms with van der Waals surface area (Å²) in [5, 5.41) is 2.95. The minimum Gasteiger partial charge on any atom is -0.494 e. The molecule has 0 heterocycles. The molecule has 0 aromatic heterocycles. The Balaban J connectivity index is 1.91. The molecule has 0 bridgehead atoms. The van der Waals surface area contributed by atoms with Gasteiger partial charge in [-0.25, -0.2) is 0 Å². The molecule has 0 radical (unpaired) electrons. The van der Waals surface area contributed by atoms with E-state index < -0.39 is 6.10 Å². The molecule has 146 valence electrons. The van der Waals surface area contributed by atoms with Crippen molar-refractivity contribution in [1.82, 2.24) is 5.32 Å². The van der Waals surface area contributed by atoms with Gasteiger partial charge in [0.25, 0.3) is 5.91 Å². The van der Waals surface area contributed by atoms with Crippen molar-refractivity contribution in [2.24, 2.45) is 0 Å². The fraction of sp³-hybridized carbons (Fsp3) is 0.435. The lowest BCUT2D eigenvalue weighted by Crippen LogP contribution is -2.37. The van der Waals surface area contributed by atoms with Gasteiger partial charge in [0.2, 0.25) is 0 Å². The summed E-state index contributed by atoms with van der Waals surface area (Å²) in [5.74, 6) is 1.44. The smallest absolute Gasteiger partial charge is 0.261 e. The maximum absolute atomic E-state index is 12.5. The van der Waals surface area contributed by atoms with Gasteiger partial charge in [-0.2, -0.15) is 0 Å². The maximum atomic E-state index is 12.5. The van der Waals surface area contributed by atoms with Crippen LogP contribution in [-0.4, -0.2) is 18.6 Å². The van der Waals surface area contributed by atoms with Crippen LogP contribution in [-0.2, 0) is 16.8 Å². The first-order chi connectivity index (χ1) is 12.8. The third kappa shape index (κ3) is 6.31. The van der Waals surface area contributed by atoms with Crippen molar-refractivity contribution in [3.8, 4) is 11.5 Å². The lowest BCUT2D eigenvalue weighted by atomic mass is 9.87. The number of carbonyl (C=O) groups is 1. The highest BCUT2D eigenvalue weighted by Gasteiger charge is 2.19. The standard InChI is InChI=1S/C23H31NO3/c1-6-21(27-20-14-10-18(11-15-20)23(3,4)5)22(25)24-16-17-8-12-19(13-9-17)26-7-2/h8-15,21H,6-7,16H2,1-5H3,(H,24,25)/t21-/m1/s1. The molecule has 0 unspecified atom stereocenters. The average molecular weight is 370 g/mol. The summed E-state index contributed by atoms with van der Waals surface area (Å²) in [6.45, 7) is 11.5. The fourth-order valence-electron chi connectivity index (χ4n) is 2.69. The van der Waals surface area contributed by atoms with Crippen molar-refractivity contribution in [3.63, 3.8) is 0 Å². The summed E-state index contributed by atoms with van der Waals surface area (Å²) in [4.78, 5) is 12.5. The Morgan fingerprint density at radius 1 is 0.963 bits per heavy atom. The Labute approximate surface area is 162 Å². The molecule has 0 aliphatic rings. The molecule has 4 heteroatoms. The van der Waals surface area contributed by atoms with Gasteiger partial charge in [-0.05, 0) is 54.2 Å². The van der Waals surface area contributed by atoms with E-state index in [4.69, 9.17) is 9.47 Å². The zero-order valence-electron chi connectivity index (χ0n) is 17.0. The predicted molar refractivity (Wildman–Crippen MR) is 109 cm³/mol. The zero-order chi connectivity index (χ0) is 19.9. The van der Waals surface area contributed by atoms with Crippen LogP contribution in [0.25, 0.3) is 0 Å². The summed E-state index contributed by atoms with van der Waals surface area (Å²) in [6, 6.07) is 15.7. The fourth-order valence-corrected chi connectivity index (χ4v) is 2.69. The Kier molecular flexibility index (Phi) is 7.28. The molecule has 1 atom stereocenters. The SMILES string of the molecule is CCOc1ccc(CNC(=O)[C@@H](CC)Oc2ccc(C(C)(C)C)cc2)cc1. The van der Waals surface area contributed by atoms with Gasteiger partial charge in [-0.3, -0.25) is 4.79 Å². The van der Waals surface area contributed by atoms with Crippen molar-refractivity contribution >= 4 is 5.91 Å². The Morgan fingerprint density at radius 2 is 1.56 bits per heavy atom. The van der Waals surface area contributed by atoms with Crippen LogP contribution >= 0.6 is 0 Å². The highest BCUT2D eigenvalue weighted by molar-refractivity contribution is 5.81. The second-order valence-electron chi connectivity index (χ2n) is 7.58. The topological polar surface area (TPSA) is 47.6 Å². The van der Waals surface area contributed by atoms with Crippen molar-refractivity contribution in [1.29, 1.82) is 0 Å². The second kappa shape index (κ2) is 9.45. The number of rotatable bonds is 8. The summed E-state index contributed by atoms with van der Waals surface area (Å²) in [5.41, 5.74) is 2.36. The van der Waals surface area contributed by atoms with E-state index in [1.54, 1.807) is 0 Å². The Bertz CT molecular complexity index is 715.